The van der Waals surface area contributed by atoms with E-state index in [0.29, 0.717) is 13.1 Å². The molecule has 0 aliphatic carbocycles. The average molecular weight is 486 g/mol. The van der Waals surface area contributed by atoms with Gasteiger partial charge >= 0.3 is 0 Å². The first-order valence-electron chi connectivity index (χ1n) is 9.01. The van der Waals surface area contributed by atoms with E-state index >= 15 is 0 Å². The normalized spacial score (nSPS) is 11.1. The van der Waals surface area contributed by atoms with Gasteiger partial charge in [-0.2, -0.15) is 0 Å². The molecule has 0 aromatic carbocycles. The predicted octanol–water partition coefficient (Wildman–Crippen LogP) is 2.24. The van der Waals surface area contributed by atoms with Gasteiger partial charge in [0.25, 0.3) is 0 Å². The summed E-state index contributed by atoms with van der Waals surface area (Å²) in [6.45, 7) is 6.08. The molecule has 0 fully saturated rings. The number of aromatic nitrogens is 4. The highest BCUT2D eigenvalue weighted by Crippen LogP contribution is 2.08. The summed E-state index contributed by atoms with van der Waals surface area (Å²) in [4.78, 5) is 11.3. The van der Waals surface area contributed by atoms with Gasteiger partial charge in [-0.3, -0.25) is 0 Å². The second kappa shape index (κ2) is 11.7. The Hall–Kier alpha value is -1.91. The standard InChI is InChI=1S/C18H30N8.HI/c1-6-7-11-19-18(21-13-17-24-23-14(2)26(17)5)20-12-15-9-8-10-16(22-15)25(3)4;/h8-10H,6-7,11-13H2,1-5H3,(H2,19,20,21);1H. The zero-order chi connectivity index (χ0) is 18.9. The Morgan fingerprint density at radius 2 is 2.00 bits per heavy atom. The van der Waals surface area contributed by atoms with E-state index < -0.39 is 0 Å². The monoisotopic (exact) mass is 486 g/mol. The number of anilines is 1. The van der Waals surface area contributed by atoms with Crippen molar-refractivity contribution in [3.05, 3.63) is 35.5 Å². The molecule has 0 spiro atoms. The summed E-state index contributed by atoms with van der Waals surface area (Å²) in [6, 6.07) is 5.99. The topological polar surface area (TPSA) is 83.3 Å². The Kier molecular flexibility index (Phi) is 10.0. The third kappa shape index (κ3) is 7.31. The van der Waals surface area contributed by atoms with Gasteiger partial charge in [-0.15, -0.1) is 34.2 Å². The first-order chi connectivity index (χ1) is 12.5. The Morgan fingerprint density at radius 3 is 2.63 bits per heavy atom. The van der Waals surface area contributed by atoms with E-state index in [-0.39, 0.29) is 24.0 Å². The van der Waals surface area contributed by atoms with Crippen molar-refractivity contribution in [1.29, 1.82) is 0 Å². The highest BCUT2D eigenvalue weighted by molar-refractivity contribution is 14.0. The molecular weight excluding hydrogens is 455 g/mol. The van der Waals surface area contributed by atoms with Crippen molar-refractivity contribution < 1.29 is 0 Å². The number of aliphatic imine (C=N–C) groups is 1. The largest absolute Gasteiger partial charge is 0.363 e. The molecule has 0 atom stereocenters. The van der Waals surface area contributed by atoms with Crippen LogP contribution in [0.3, 0.4) is 0 Å². The van der Waals surface area contributed by atoms with Gasteiger partial charge in [-0.1, -0.05) is 19.4 Å². The van der Waals surface area contributed by atoms with E-state index in [1.165, 1.54) is 0 Å². The van der Waals surface area contributed by atoms with Crippen molar-refractivity contribution in [3.63, 3.8) is 0 Å². The fourth-order valence-electron chi connectivity index (χ4n) is 2.29. The maximum Gasteiger partial charge on any atom is 0.192 e. The summed E-state index contributed by atoms with van der Waals surface area (Å²) in [7, 11) is 5.93. The van der Waals surface area contributed by atoms with Gasteiger partial charge in [0.05, 0.1) is 18.8 Å². The lowest BCUT2D eigenvalue weighted by molar-refractivity contribution is 0.695. The number of unbranched alkanes of at least 4 members (excludes halogenated alkanes) is 1. The Labute approximate surface area is 178 Å². The molecule has 0 saturated heterocycles. The Balaban J connectivity index is 0.00000364. The van der Waals surface area contributed by atoms with Crippen LogP contribution in [0, 0.1) is 6.92 Å². The molecule has 9 heteroatoms. The smallest absolute Gasteiger partial charge is 0.192 e. The van der Waals surface area contributed by atoms with Gasteiger partial charge < -0.3 is 20.1 Å². The van der Waals surface area contributed by atoms with Crippen molar-refractivity contribution in [2.24, 2.45) is 12.0 Å². The lowest BCUT2D eigenvalue weighted by Gasteiger charge is -2.13. The van der Waals surface area contributed by atoms with Crippen LogP contribution in [0.1, 0.15) is 37.1 Å². The maximum atomic E-state index is 4.67. The van der Waals surface area contributed by atoms with E-state index in [4.69, 9.17) is 0 Å². The Morgan fingerprint density at radius 1 is 1.22 bits per heavy atom. The van der Waals surface area contributed by atoms with Gasteiger partial charge in [0.1, 0.15) is 11.6 Å². The van der Waals surface area contributed by atoms with Crippen molar-refractivity contribution in [1.82, 2.24) is 30.4 Å². The molecule has 0 bridgehead atoms. The van der Waals surface area contributed by atoms with Gasteiger partial charge in [-0.05, 0) is 25.5 Å². The molecule has 2 heterocycles. The molecule has 8 nitrogen and oxygen atoms in total. The summed E-state index contributed by atoms with van der Waals surface area (Å²) in [5.41, 5.74) is 0.933. The number of rotatable bonds is 8. The average Bonchev–Trinajstić information content (AvgIpc) is 2.96. The minimum atomic E-state index is 0. The fourth-order valence-corrected chi connectivity index (χ4v) is 2.29. The first kappa shape index (κ1) is 23.1. The van der Waals surface area contributed by atoms with E-state index in [1.807, 2.05) is 55.7 Å². The van der Waals surface area contributed by atoms with Crippen molar-refractivity contribution in [3.8, 4) is 0 Å². The molecule has 2 aromatic rings. The zero-order valence-corrected chi connectivity index (χ0v) is 19.2. The highest BCUT2D eigenvalue weighted by Gasteiger charge is 2.06. The van der Waals surface area contributed by atoms with Crippen LogP contribution in [0.25, 0.3) is 0 Å². The number of aryl methyl sites for hydroxylation is 1. The summed E-state index contributed by atoms with van der Waals surface area (Å²) < 4.78 is 1.97. The summed E-state index contributed by atoms with van der Waals surface area (Å²) in [6.07, 6.45) is 2.23. The lowest BCUT2D eigenvalue weighted by Crippen LogP contribution is -2.38. The molecule has 0 saturated carbocycles. The molecular formula is C18H31IN8. The molecule has 27 heavy (non-hydrogen) atoms. The van der Waals surface area contributed by atoms with Crippen LogP contribution in [0.15, 0.2) is 23.2 Å². The third-order valence-corrected chi connectivity index (χ3v) is 4.07. The summed E-state index contributed by atoms with van der Waals surface area (Å²) >= 11 is 0. The number of pyridine rings is 1. The van der Waals surface area contributed by atoms with E-state index in [0.717, 1.165) is 48.5 Å². The molecule has 2 rings (SSSR count). The number of nitrogens with zero attached hydrogens (tertiary/aromatic N) is 6. The second-order valence-corrected chi connectivity index (χ2v) is 6.40. The minimum Gasteiger partial charge on any atom is -0.363 e. The Bertz CT molecular complexity index is 726. The molecule has 0 aliphatic heterocycles. The van der Waals surface area contributed by atoms with Crippen LogP contribution in [0.5, 0.6) is 0 Å². The van der Waals surface area contributed by atoms with Gasteiger partial charge in [0, 0.05) is 27.7 Å². The number of nitrogens with one attached hydrogen (secondary N) is 2. The maximum absolute atomic E-state index is 4.67. The summed E-state index contributed by atoms with van der Waals surface area (Å²) in [5, 5.41) is 15.0. The molecule has 0 radical (unpaired) electrons. The molecule has 0 unspecified atom stereocenters. The van der Waals surface area contributed by atoms with Crippen LogP contribution < -0.4 is 15.5 Å². The quantitative estimate of drug-likeness (QED) is 0.258. The van der Waals surface area contributed by atoms with Crippen LogP contribution in [0.2, 0.25) is 0 Å². The van der Waals surface area contributed by atoms with Crippen LogP contribution >= 0.6 is 24.0 Å². The molecule has 150 valence electrons. The molecule has 0 amide bonds. The third-order valence-electron chi connectivity index (χ3n) is 4.07. The van der Waals surface area contributed by atoms with Crippen molar-refractivity contribution >= 4 is 35.8 Å². The number of hydrogen-bond donors (Lipinski definition) is 2. The lowest BCUT2D eigenvalue weighted by atomic mass is 10.3. The minimum absolute atomic E-state index is 0. The van der Waals surface area contributed by atoms with Gasteiger partial charge in [-0.25, -0.2) is 9.98 Å². The van der Waals surface area contributed by atoms with Gasteiger partial charge in [0.15, 0.2) is 11.8 Å². The molecule has 2 N–H and O–H groups in total. The summed E-state index contributed by atoms with van der Waals surface area (Å²) in [5.74, 6) is 3.46. The molecule has 2 aromatic heterocycles. The number of halogens is 1. The molecule has 0 aliphatic rings. The number of guanidine groups is 1. The van der Waals surface area contributed by atoms with Crippen LogP contribution in [0.4, 0.5) is 5.82 Å². The van der Waals surface area contributed by atoms with Crippen LogP contribution in [-0.4, -0.2) is 46.3 Å². The van der Waals surface area contributed by atoms with Gasteiger partial charge in [0.2, 0.25) is 0 Å². The van der Waals surface area contributed by atoms with E-state index in [1.54, 1.807) is 0 Å². The zero-order valence-electron chi connectivity index (χ0n) is 16.9. The van der Waals surface area contributed by atoms with E-state index in [9.17, 15) is 0 Å². The van der Waals surface area contributed by atoms with Crippen molar-refractivity contribution in [2.75, 3.05) is 25.5 Å². The highest BCUT2D eigenvalue weighted by atomic mass is 127. The fraction of sp³-hybridized carbons (Fsp3) is 0.556. The number of hydrogen-bond acceptors (Lipinski definition) is 5. The first-order valence-corrected chi connectivity index (χ1v) is 9.01. The SMILES string of the molecule is CCCCNC(=NCc1cccc(N(C)C)n1)NCc1nnc(C)n1C.I. The van der Waals surface area contributed by atoms with E-state index in [2.05, 4.69) is 37.7 Å². The van der Waals surface area contributed by atoms with Crippen LogP contribution in [-0.2, 0) is 20.1 Å². The second-order valence-electron chi connectivity index (χ2n) is 6.40. The predicted molar refractivity (Wildman–Crippen MR) is 121 cm³/mol. The van der Waals surface area contributed by atoms with Crippen molar-refractivity contribution in [2.45, 2.75) is 39.8 Å².